The molecule has 0 bridgehead atoms. The van der Waals surface area contributed by atoms with Crippen molar-refractivity contribution in [1.29, 1.82) is 0 Å². The molecular formula is C20H24BrNO4. The second-order valence-corrected chi connectivity index (χ2v) is 6.70. The number of ether oxygens (including phenoxy) is 3. The topological polar surface area (TPSA) is 56.8 Å². The lowest BCUT2D eigenvalue weighted by atomic mass is 10.0. The Balaban J connectivity index is 2.00. The molecule has 0 aromatic heterocycles. The third kappa shape index (κ3) is 4.99. The highest BCUT2D eigenvalue weighted by Crippen LogP contribution is 2.40. The first kappa shape index (κ1) is 20.3. The van der Waals surface area contributed by atoms with E-state index in [0.717, 1.165) is 21.2 Å². The zero-order valence-corrected chi connectivity index (χ0v) is 17.1. The second-order valence-electron chi connectivity index (χ2n) is 5.91. The number of amides is 1. The summed E-state index contributed by atoms with van der Waals surface area (Å²) in [5, 5.41) is 2.96. The lowest BCUT2D eigenvalue weighted by Crippen LogP contribution is -2.30. The largest absolute Gasteiger partial charge is 0.495 e. The molecule has 6 heteroatoms. The van der Waals surface area contributed by atoms with Crippen molar-refractivity contribution in [3.05, 3.63) is 57.6 Å². The van der Waals surface area contributed by atoms with Crippen LogP contribution in [0.25, 0.3) is 0 Å². The highest BCUT2D eigenvalue weighted by molar-refractivity contribution is 9.10. The van der Waals surface area contributed by atoms with E-state index in [0.29, 0.717) is 18.1 Å². The van der Waals surface area contributed by atoms with Gasteiger partial charge in [-0.25, -0.2) is 0 Å². The predicted octanol–water partition coefficient (Wildman–Crippen LogP) is 4.17. The van der Waals surface area contributed by atoms with Crippen LogP contribution in [0.15, 0.2) is 40.9 Å². The van der Waals surface area contributed by atoms with Crippen molar-refractivity contribution in [2.75, 3.05) is 20.8 Å². The average Bonchev–Trinajstić information content (AvgIpc) is 2.63. The van der Waals surface area contributed by atoms with Crippen molar-refractivity contribution in [3.63, 3.8) is 0 Å². The minimum Gasteiger partial charge on any atom is -0.495 e. The van der Waals surface area contributed by atoms with Gasteiger partial charge in [0.2, 0.25) is 5.91 Å². The van der Waals surface area contributed by atoms with Gasteiger partial charge in [-0.15, -0.1) is 0 Å². The van der Waals surface area contributed by atoms with E-state index >= 15 is 0 Å². The number of hydrogen-bond acceptors (Lipinski definition) is 4. The molecule has 140 valence electrons. The summed E-state index contributed by atoms with van der Waals surface area (Å²) in [5.74, 6) is 1.18. The first-order valence-electron chi connectivity index (χ1n) is 8.30. The summed E-state index contributed by atoms with van der Waals surface area (Å²) in [4.78, 5) is 12.2. The van der Waals surface area contributed by atoms with E-state index in [1.54, 1.807) is 14.2 Å². The third-order valence-electron chi connectivity index (χ3n) is 4.09. The molecule has 0 radical (unpaired) electrons. The van der Waals surface area contributed by atoms with Gasteiger partial charge < -0.3 is 19.5 Å². The Morgan fingerprint density at radius 2 is 1.88 bits per heavy atom. The van der Waals surface area contributed by atoms with Crippen LogP contribution in [0.2, 0.25) is 0 Å². The number of carbonyl (C=O) groups is 1. The first-order chi connectivity index (χ1) is 12.5. The van der Waals surface area contributed by atoms with Gasteiger partial charge in [-0.3, -0.25) is 4.79 Å². The van der Waals surface area contributed by atoms with Crippen LogP contribution < -0.4 is 14.8 Å². The van der Waals surface area contributed by atoms with E-state index < -0.39 is 0 Å². The monoisotopic (exact) mass is 421 g/mol. The number of hydrogen-bond donors (Lipinski definition) is 1. The third-order valence-corrected chi connectivity index (χ3v) is 4.84. The molecule has 1 unspecified atom stereocenters. The normalized spacial score (nSPS) is 11.7. The van der Waals surface area contributed by atoms with E-state index in [2.05, 4.69) is 21.2 Å². The summed E-state index contributed by atoms with van der Waals surface area (Å²) < 4.78 is 17.1. The van der Waals surface area contributed by atoms with Crippen LogP contribution in [0.1, 0.15) is 29.7 Å². The zero-order chi connectivity index (χ0) is 19.1. The summed E-state index contributed by atoms with van der Waals surface area (Å²) >= 11 is 3.49. The summed E-state index contributed by atoms with van der Waals surface area (Å²) in [7, 11) is 3.20. The molecule has 1 atom stereocenters. The average molecular weight is 422 g/mol. The van der Waals surface area contributed by atoms with Crippen LogP contribution in [0.5, 0.6) is 11.5 Å². The number of halogens is 1. The number of benzene rings is 2. The molecule has 0 aliphatic rings. The molecule has 0 spiro atoms. The van der Waals surface area contributed by atoms with Crippen molar-refractivity contribution in [3.8, 4) is 11.5 Å². The molecule has 2 rings (SSSR count). The van der Waals surface area contributed by atoms with E-state index in [1.807, 2.05) is 50.2 Å². The maximum absolute atomic E-state index is 12.2. The number of nitrogens with one attached hydrogen (secondary N) is 1. The second kappa shape index (κ2) is 9.59. The van der Waals surface area contributed by atoms with E-state index in [1.165, 1.54) is 0 Å². The molecular weight excluding hydrogens is 398 g/mol. The smallest absolute Gasteiger partial charge is 0.246 e. The fourth-order valence-electron chi connectivity index (χ4n) is 2.76. The van der Waals surface area contributed by atoms with Crippen molar-refractivity contribution in [1.82, 2.24) is 5.32 Å². The van der Waals surface area contributed by atoms with Gasteiger partial charge >= 0.3 is 0 Å². The molecule has 5 nitrogen and oxygen atoms in total. The SMILES string of the molecule is COc1cc(C(C)NC(=O)COCc2ccccc2)c(C)c(OC)c1Br. The Morgan fingerprint density at radius 3 is 2.50 bits per heavy atom. The van der Waals surface area contributed by atoms with Gasteiger partial charge in [-0.2, -0.15) is 0 Å². The number of carbonyl (C=O) groups excluding carboxylic acids is 1. The quantitative estimate of drug-likeness (QED) is 0.694. The summed E-state index contributed by atoms with van der Waals surface area (Å²) in [6.07, 6.45) is 0. The van der Waals surface area contributed by atoms with Gasteiger partial charge in [-0.05, 0) is 52.5 Å². The molecule has 0 saturated carbocycles. The van der Waals surface area contributed by atoms with Crippen LogP contribution in [0.3, 0.4) is 0 Å². The molecule has 0 fully saturated rings. The van der Waals surface area contributed by atoms with Gasteiger partial charge in [0.05, 0.1) is 26.9 Å². The highest BCUT2D eigenvalue weighted by Gasteiger charge is 2.20. The Bertz CT molecular complexity index is 749. The molecule has 0 saturated heterocycles. The van der Waals surface area contributed by atoms with Gasteiger partial charge in [0, 0.05) is 0 Å². The van der Waals surface area contributed by atoms with Gasteiger partial charge in [0.1, 0.15) is 22.6 Å². The Kier molecular flexibility index (Phi) is 7.48. The van der Waals surface area contributed by atoms with E-state index in [4.69, 9.17) is 14.2 Å². The molecule has 2 aromatic rings. The maximum Gasteiger partial charge on any atom is 0.246 e. The van der Waals surface area contributed by atoms with Crippen molar-refractivity contribution < 1.29 is 19.0 Å². The predicted molar refractivity (Wildman–Crippen MR) is 105 cm³/mol. The van der Waals surface area contributed by atoms with E-state index in [9.17, 15) is 4.79 Å². The lowest BCUT2D eigenvalue weighted by Gasteiger charge is -2.21. The zero-order valence-electron chi connectivity index (χ0n) is 15.5. The molecule has 0 aliphatic carbocycles. The van der Waals surface area contributed by atoms with Crippen LogP contribution in [0.4, 0.5) is 0 Å². The van der Waals surface area contributed by atoms with Crippen LogP contribution in [-0.4, -0.2) is 26.7 Å². The van der Waals surface area contributed by atoms with Crippen molar-refractivity contribution in [2.24, 2.45) is 0 Å². The van der Waals surface area contributed by atoms with Crippen LogP contribution >= 0.6 is 15.9 Å². The number of rotatable bonds is 8. The van der Waals surface area contributed by atoms with Crippen LogP contribution in [-0.2, 0) is 16.1 Å². The molecule has 0 aliphatic heterocycles. The minimum atomic E-state index is -0.210. The van der Waals surface area contributed by atoms with Crippen LogP contribution in [0, 0.1) is 6.92 Å². The fourth-order valence-corrected chi connectivity index (χ4v) is 3.49. The molecule has 0 heterocycles. The minimum absolute atomic E-state index is 0.00306. The summed E-state index contributed by atoms with van der Waals surface area (Å²) in [6, 6.07) is 11.4. The molecule has 1 amide bonds. The summed E-state index contributed by atoms with van der Waals surface area (Å²) in [6.45, 7) is 4.28. The lowest BCUT2D eigenvalue weighted by molar-refractivity contribution is -0.126. The first-order valence-corrected chi connectivity index (χ1v) is 9.09. The maximum atomic E-state index is 12.2. The summed E-state index contributed by atoms with van der Waals surface area (Å²) in [5.41, 5.74) is 2.91. The van der Waals surface area contributed by atoms with Gasteiger partial charge in [-0.1, -0.05) is 30.3 Å². The fraction of sp³-hybridized carbons (Fsp3) is 0.350. The standard InChI is InChI=1S/C20H24BrNO4/c1-13-16(10-17(24-3)19(21)20(13)25-4)14(2)22-18(23)12-26-11-15-8-6-5-7-9-15/h5-10,14H,11-12H2,1-4H3,(H,22,23). The Labute approximate surface area is 162 Å². The van der Waals surface area contributed by atoms with Gasteiger partial charge in [0.25, 0.3) is 0 Å². The number of methoxy groups -OCH3 is 2. The molecule has 1 N–H and O–H groups in total. The van der Waals surface area contributed by atoms with Crippen molar-refractivity contribution in [2.45, 2.75) is 26.5 Å². The molecule has 26 heavy (non-hydrogen) atoms. The highest BCUT2D eigenvalue weighted by atomic mass is 79.9. The van der Waals surface area contributed by atoms with Crippen molar-refractivity contribution >= 4 is 21.8 Å². The van der Waals surface area contributed by atoms with E-state index in [-0.39, 0.29) is 18.6 Å². The molecule has 2 aromatic carbocycles. The Hall–Kier alpha value is -2.05. The Morgan fingerprint density at radius 1 is 1.19 bits per heavy atom. The van der Waals surface area contributed by atoms with Gasteiger partial charge in [0.15, 0.2) is 0 Å².